The monoisotopic (exact) mass is 438 g/mol. The molecule has 5 rings (SSSR count). The van der Waals surface area contributed by atoms with Crippen molar-refractivity contribution >= 4 is 45.8 Å². The van der Waals surface area contributed by atoms with Crippen LogP contribution in [0.15, 0.2) is 40.9 Å². The maximum atomic E-state index is 12.9. The molecule has 0 bridgehead atoms. The number of likely N-dealkylation sites (N-methyl/N-ethyl adjacent to an activating group) is 1. The SMILES string of the molecule is CC1C(=O)N(C)c2ccc(C(=O)CN3CCN(c4noc5cccc(Cl)c45)CC3)cc21. The van der Waals surface area contributed by atoms with Crippen LogP contribution < -0.4 is 9.80 Å². The molecule has 1 amide bonds. The number of hydrogen-bond acceptors (Lipinski definition) is 6. The van der Waals surface area contributed by atoms with Crippen molar-refractivity contribution in [3.8, 4) is 0 Å². The van der Waals surface area contributed by atoms with Crippen LogP contribution in [-0.4, -0.2) is 61.5 Å². The van der Waals surface area contributed by atoms with Crippen molar-refractivity contribution in [1.82, 2.24) is 10.1 Å². The summed E-state index contributed by atoms with van der Waals surface area (Å²) in [6.45, 7) is 5.20. The van der Waals surface area contributed by atoms with E-state index in [9.17, 15) is 9.59 Å². The molecule has 0 spiro atoms. The first-order valence-electron chi connectivity index (χ1n) is 10.4. The molecule has 3 aromatic rings. The Morgan fingerprint density at radius 2 is 1.97 bits per heavy atom. The van der Waals surface area contributed by atoms with Crippen molar-refractivity contribution in [2.75, 3.05) is 49.6 Å². The van der Waals surface area contributed by atoms with Crippen LogP contribution in [0.5, 0.6) is 0 Å². The summed E-state index contributed by atoms with van der Waals surface area (Å²) in [6.07, 6.45) is 0. The Balaban J connectivity index is 1.25. The first kappa shape index (κ1) is 20.0. The first-order chi connectivity index (χ1) is 14.9. The number of fused-ring (bicyclic) bond motifs is 2. The zero-order valence-electron chi connectivity index (χ0n) is 17.5. The average molecular weight is 439 g/mol. The van der Waals surface area contributed by atoms with Crippen LogP contribution >= 0.6 is 11.6 Å². The van der Waals surface area contributed by atoms with Gasteiger partial charge >= 0.3 is 0 Å². The second kappa shape index (κ2) is 7.66. The van der Waals surface area contributed by atoms with Gasteiger partial charge in [-0.2, -0.15) is 0 Å². The number of carbonyl (C=O) groups excluding carboxylic acids is 2. The van der Waals surface area contributed by atoms with E-state index in [1.54, 1.807) is 11.9 Å². The largest absolute Gasteiger partial charge is 0.354 e. The summed E-state index contributed by atoms with van der Waals surface area (Å²) in [6, 6.07) is 11.1. The fraction of sp³-hybridized carbons (Fsp3) is 0.348. The summed E-state index contributed by atoms with van der Waals surface area (Å²) < 4.78 is 5.42. The van der Waals surface area contributed by atoms with Crippen LogP contribution in [0.25, 0.3) is 11.0 Å². The van der Waals surface area contributed by atoms with Crippen molar-refractivity contribution in [2.24, 2.45) is 0 Å². The number of halogens is 1. The van der Waals surface area contributed by atoms with Gasteiger partial charge in [-0.3, -0.25) is 14.5 Å². The Labute approximate surface area is 185 Å². The third-order valence-electron chi connectivity index (χ3n) is 6.35. The molecule has 0 radical (unpaired) electrons. The third-order valence-corrected chi connectivity index (χ3v) is 6.66. The number of rotatable bonds is 4. The lowest BCUT2D eigenvalue weighted by Gasteiger charge is -2.34. The van der Waals surface area contributed by atoms with Crippen LogP contribution in [0.2, 0.25) is 5.02 Å². The number of anilines is 2. The summed E-state index contributed by atoms with van der Waals surface area (Å²) in [5.74, 6) is 0.685. The molecule has 0 saturated carbocycles. The minimum absolute atomic E-state index is 0.0659. The van der Waals surface area contributed by atoms with Gasteiger partial charge in [0.1, 0.15) is 0 Å². The Hall–Kier alpha value is -2.90. The van der Waals surface area contributed by atoms with E-state index < -0.39 is 0 Å². The smallest absolute Gasteiger partial charge is 0.234 e. The molecule has 3 heterocycles. The Kier molecular flexibility index (Phi) is 4.95. The highest BCUT2D eigenvalue weighted by Gasteiger charge is 2.32. The number of Topliss-reactive ketones (excluding diaryl/α,β-unsaturated/α-hetero) is 1. The lowest BCUT2D eigenvalue weighted by Crippen LogP contribution is -2.48. The molecule has 8 heteroatoms. The number of nitrogens with zero attached hydrogens (tertiary/aromatic N) is 4. The van der Waals surface area contributed by atoms with Crippen molar-refractivity contribution < 1.29 is 14.1 Å². The molecule has 7 nitrogen and oxygen atoms in total. The predicted octanol–water partition coefficient (Wildman–Crippen LogP) is 3.57. The van der Waals surface area contributed by atoms with Gasteiger partial charge in [0.2, 0.25) is 5.91 Å². The van der Waals surface area contributed by atoms with Crippen molar-refractivity contribution in [3.63, 3.8) is 0 Å². The van der Waals surface area contributed by atoms with Crippen LogP contribution in [-0.2, 0) is 4.79 Å². The highest BCUT2D eigenvalue weighted by molar-refractivity contribution is 6.36. The summed E-state index contributed by atoms with van der Waals surface area (Å²) >= 11 is 6.35. The third kappa shape index (κ3) is 3.38. The number of amides is 1. The first-order valence-corrected chi connectivity index (χ1v) is 10.8. The number of aromatic nitrogens is 1. The van der Waals surface area contributed by atoms with E-state index in [2.05, 4.69) is 15.0 Å². The lowest BCUT2D eigenvalue weighted by molar-refractivity contribution is -0.118. The molecule has 0 aliphatic carbocycles. The van der Waals surface area contributed by atoms with Gasteiger partial charge in [-0.05, 0) is 42.8 Å². The number of benzene rings is 2. The van der Waals surface area contributed by atoms with E-state index >= 15 is 0 Å². The van der Waals surface area contributed by atoms with Gasteiger partial charge < -0.3 is 14.3 Å². The summed E-state index contributed by atoms with van der Waals surface area (Å²) in [4.78, 5) is 31.1. The van der Waals surface area contributed by atoms with Crippen LogP contribution in [0, 0.1) is 0 Å². The molecule has 1 atom stereocenters. The second-order valence-corrected chi connectivity index (χ2v) is 8.61. The van der Waals surface area contributed by atoms with Gasteiger partial charge in [-0.15, -0.1) is 0 Å². The molecule has 1 fully saturated rings. The highest BCUT2D eigenvalue weighted by Crippen LogP contribution is 2.37. The number of piperazine rings is 1. The number of carbonyl (C=O) groups is 2. The fourth-order valence-corrected chi connectivity index (χ4v) is 4.74. The molecule has 31 heavy (non-hydrogen) atoms. The normalized spacial score (nSPS) is 19.3. The maximum absolute atomic E-state index is 12.9. The molecule has 2 aliphatic rings. The Bertz CT molecular complexity index is 1180. The standard InChI is InChI=1S/C23H23ClN4O3/c1-14-16-12-15(6-7-18(16)26(2)23(14)30)19(29)13-27-8-10-28(11-9-27)22-21-17(24)4-3-5-20(21)31-25-22/h3-7,12,14H,8-11,13H2,1-2H3. The van der Waals surface area contributed by atoms with Gasteiger partial charge in [0.15, 0.2) is 17.2 Å². The van der Waals surface area contributed by atoms with Gasteiger partial charge in [0.05, 0.1) is 22.9 Å². The van der Waals surface area contributed by atoms with Crippen LogP contribution in [0.3, 0.4) is 0 Å². The number of hydrogen-bond donors (Lipinski definition) is 0. The second-order valence-electron chi connectivity index (χ2n) is 8.20. The Morgan fingerprint density at radius 1 is 1.19 bits per heavy atom. The fourth-order valence-electron chi connectivity index (χ4n) is 4.49. The van der Waals surface area contributed by atoms with Crippen molar-refractivity contribution in [1.29, 1.82) is 0 Å². The van der Waals surface area contributed by atoms with Crippen LogP contribution in [0.1, 0.15) is 28.8 Å². The van der Waals surface area contributed by atoms with Gasteiger partial charge in [-0.1, -0.05) is 22.8 Å². The van der Waals surface area contributed by atoms with Gasteiger partial charge in [-0.25, -0.2) is 0 Å². The van der Waals surface area contributed by atoms with E-state index in [0.717, 1.165) is 48.6 Å². The predicted molar refractivity (Wildman–Crippen MR) is 120 cm³/mol. The van der Waals surface area contributed by atoms with E-state index in [0.29, 0.717) is 22.7 Å². The minimum atomic E-state index is -0.208. The summed E-state index contributed by atoms with van der Waals surface area (Å²) in [7, 11) is 1.77. The van der Waals surface area contributed by atoms with Gasteiger partial charge in [0, 0.05) is 44.5 Å². The topological polar surface area (TPSA) is 69.9 Å². The molecule has 0 N–H and O–H groups in total. The summed E-state index contributed by atoms with van der Waals surface area (Å²) in [5, 5.41) is 5.68. The molecule has 2 aliphatic heterocycles. The molecule has 1 aromatic heterocycles. The van der Waals surface area contributed by atoms with Crippen LogP contribution in [0.4, 0.5) is 11.5 Å². The number of ketones is 1. The van der Waals surface area contributed by atoms with E-state index in [1.807, 2.05) is 43.3 Å². The Morgan fingerprint density at radius 3 is 2.74 bits per heavy atom. The maximum Gasteiger partial charge on any atom is 0.234 e. The minimum Gasteiger partial charge on any atom is -0.354 e. The average Bonchev–Trinajstić information content (AvgIpc) is 3.31. The molecule has 1 saturated heterocycles. The molecule has 160 valence electrons. The van der Waals surface area contributed by atoms with Crippen molar-refractivity contribution in [3.05, 3.63) is 52.5 Å². The molecule has 2 aromatic carbocycles. The zero-order chi connectivity index (χ0) is 21.7. The van der Waals surface area contributed by atoms with E-state index in [1.165, 1.54) is 0 Å². The molecule has 1 unspecified atom stereocenters. The highest BCUT2D eigenvalue weighted by atomic mass is 35.5. The van der Waals surface area contributed by atoms with Crippen molar-refractivity contribution in [2.45, 2.75) is 12.8 Å². The zero-order valence-corrected chi connectivity index (χ0v) is 18.2. The van der Waals surface area contributed by atoms with Gasteiger partial charge in [0.25, 0.3) is 0 Å². The summed E-state index contributed by atoms with van der Waals surface area (Å²) in [5.41, 5.74) is 3.15. The molecular weight excluding hydrogens is 416 g/mol. The van der Waals surface area contributed by atoms with E-state index in [4.69, 9.17) is 16.1 Å². The van der Waals surface area contributed by atoms with E-state index in [-0.39, 0.29) is 17.6 Å². The quantitative estimate of drug-likeness (QED) is 0.580. The lowest BCUT2D eigenvalue weighted by atomic mass is 9.98. The molecular formula is C23H23ClN4O3.